The third kappa shape index (κ3) is 4.86. The fourth-order valence-electron chi connectivity index (χ4n) is 3.53. The van der Waals surface area contributed by atoms with Crippen LogP contribution in [0.3, 0.4) is 0 Å². The quantitative estimate of drug-likeness (QED) is 0.607. The molecular formula is C21H22F3N5OS. The summed E-state index contributed by atoms with van der Waals surface area (Å²) >= 11 is 1.43. The van der Waals surface area contributed by atoms with Gasteiger partial charge in [0.2, 0.25) is 5.95 Å². The van der Waals surface area contributed by atoms with Crippen molar-refractivity contribution in [3.63, 3.8) is 0 Å². The highest BCUT2D eigenvalue weighted by Crippen LogP contribution is 2.38. The molecule has 0 atom stereocenters. The number of piperidine rings is 1. The third-order valence-corrected chi connectivity index (χ3v) is 6.52. The fraction of sp³-hybridized carbons (Fsp3) is 0.381. The first kappa shape index (κ1) is 21.7. The average molecular weight is 450 g/mol. The summed E-state index contributed by atoms with van der Waals surface area (Å²) in [5, 5.41) is 14.6. The van der Waals surface area contributed by atoms with Gasteiger partial charge in [-0.15, -0.1) is 11.3 Å². The zero-order valence-electron chi connectivity index (χ0n) is 17.1. The number of hydrogen-bond acceptors (Lipinski definition) is 7. The second-order valence-electron chi connectivity index (χ2n) is 7.84. The van der Waals surface area contributed by atoms with E-state index in [1.54, 1.807) is 12.3 Å². The van der Waals surface area contributed by atoms with E-state index in [9.17, 15) is 18.3 Å². The van der Waals surface area contributed by atoms with Crippen molar-refractivity contribution in [1.82, 2.24) is 19.9 Å². The molecule has 2 N–H and O–H groups in total. The number of nitrogens with one attached hydrogen (secondary N) is 1. The van der Waals surface area contributed by atoms with Gasteiger partial charge in [-0.1, -0.05) is 6.07 Å². The van der Waals surface area contributed by atoms with Crippen LogP contribution in [-0.4, -0.2) is 45.1 Å². The number of nitrogens with zero attached hydrogens (tertiary/aromatic N) is 4. The number of halogens is 3. The van der Waals surface area contributed by atoms with Gasteiger partial charge >= 0.3 is 6.18 Å². The van der Waals surface area contributed by atoms with Crippen LogP contribution in [0.1, 0.15) is 29.1 Å². The summed E-state index contributed by atoms with van der Waals surface area (Å²) in [6.45, 7) is 3.51. The van der Waals surface area contributed by atoms with Gasteiger partial charge in [-0.2, -0.15) is 13.2 Å². The Bertz CT molecular complexity index is 1080. The summed E-state index contributed by atoms with van der Waals surface area (Å²) in [5.74, 6) is -0.128. The van der Waals surface area contributed by atoms with E-state index in [1.807, 2.05) is 26.1 Å². The van der Waals surface area contributed by atoms with Gasteiger partial charge in [-0.05, 0) is 56.1 Å². The molecule has 0 aliphatic carbocycles. The molecule has 0 bridgehead atoms. The summed E-state index contributed by atoms with van der Waals surface area (Å²) in [6, 6.07) is 6.42. The maximum absolute atomic E-state index is 12.9. The molecule has 3 heterocycles. The molecule has 10 heteroatoms. The van der Waals surface area contributed by atoms with E-state index < -0.39 is 17.5 Å². The summed E-state index contributed by atoms with van der Waals surface area (Å²) in [6.07, 6.45) is -0.472. The zero-order valence-corrected chi connectivity index (χ0v) is 17.9. The Morgan fingerprint density at radius 2 is 1.90 bits per heavy atom. The van der Waals surface area contributed by atoms with Crippen LogP contribution in [0, 0.1) is 6.92 Å². The van der Waals surface area contributed by atoms with E-state index >= 15 is 0 Å². The van der Waals surface area contributed by atoms with Crippen LogP contribution < -0.4 is 5.32 Å². The van der Waals surface area contributed by atoms with Crippen LogP contribution in [-0.2, 0) is 11.8 Å². The van der Waals surface area contributed by atoms with Crippen LogP contribution in [0.15, 0.2) is 36.7 Å². The third-order valence-electron chi connectivity index (χ3n) is 5.28. The average Bonchev–Trinajstić information content (AvgIpc) is 3.21. The molecule has 0 radical (unpaired) electrons. The molecule has 0 unspecified atom stereocenters. The van der Waals surface area contributed by atoms with Crippen molar-refractivity contribution in [2.45, 2.75) is 31.5 Å². The Balaban J connectivity index is 1.59. The number of rotatable bonds is 4. The maximum Gasteiger partial charge on any atom is 0.433 e. The van der Waals surface area contributed by atoms with Crippen LogP contribution in [0.5, 0.6) is 0 Å². The molecule has 1 saturated heterocycles. The number of hydrogen-bond donors (Lipinski definition) is 2. The van der Waals surface area contributed by atoms with E-state index in [4.69, 9.17) is 0 Å². The Morgan fingerprint density at radius 1 is 1.16 bits per heavy atom. The molecule has 1 aliphatic heterocycles. The lowest BCUT2D eigenvalue weighted by atomic mass is 9.92. The normalized spacial score (nSPS) is 17.0. The highest BCUT2D eigenvalue weighted by atomic mass is 32.1. The van der Waals surface area contributed by atoms with E-state index in [0.29, 0.717) is 23.5 Å². The lowest BCUT2D eigenvalue weighted by Crippen LogP contribution is -2.40. The lowest BCUT2D eigenvalue weighted by molar-refractivity contribution is -0.141. The molecule has 1 aromatic carbocycles. The minimum absolute atomic E-state index is 0.128. The summed E-state index contributed by atoms with van der Waals surface area (Å²) in [5.41, 5.74) is 0.417. The maximum atomic E-state index is 12.9. The van der Waals surface area contributed by atoms with Crippen LogP contribution in [0.2, 0.25) is 0 Å². The molecule has 2 aromatic heterocycles. The molecule has 0 amide bonds. The van der Waals surface area contributed by atoms with E-state index in [2.05, 4.69) is 25.2 Å². The lowest BCUT2D eigenvalue weighted by Gasteiger charge is -2.34. The number of likely N-dealkylation sites (tertiary alicyclic amines) is 1. The zero-order chi connectivity index (χ0) is 22.2. The van der Waals surface area contributed by atoms with Crippen LogP contribution in [0.25, 0.3) is 10.4 Å². The van der Waals surface area contributed by atoms with Gasteiger partial charge in [-0.3, -0.25) is 0 Å². The molecule has 6 nitrogen and oxygen atoms in total. The first-order chi connectivity index (χ1) is 14.6. The highest BCUT2D eigenvalue weighted by Gasteiger charge is 2.36. The fourth-order valence-corrected chi connectivity index (χ4v) is 4.58. The monoisotopic (exact) mass is 449 g/mol. The number of aryl methyl sites for hydroxylation is 1. The number of alkyl halides is 3. The summed E-state index contributed by atoms with van der Waals surface area (Å²) in [4.78, 5) is 15.0. The number of aromatic nitrogens is 3. The molecule has 0 saturated carbocycles. The van der Waals surface area contributed by atoms with Crippen molar-refractivity contribution >= 4 is 23.0 Å². The second kappa shape index (κ2) is 8.18. The van der Waals surface area contributed by atoms with Crippen molar-refractivity contribution in [3.8, 4) is 10.4 Å². The van der Waals surface area contributed by atoms with Crippen LogP contribution in [0.4, 0.5) is 24.8 Å². The van der Waals surface area contributed by atoms with Gasteiger partial charge in [0.25, 0.3) is 0 Å². The topological polar surface area (TPSA) is 74.2 Å². The molecule has 1 fully saturated rings. The Labute approximate surface area is 181 Å². The minimum Gasteiger partial charge on any atom is -0.383 e. The smallest absolute Gasteiger partial charge is 0.383 e. The Morgan fingerprint density at radius 3 is 2.61 bits per heavy atom. The van der Waals surface area contributed by atoms with Crippen LogP contribution >= 0.6 is 11.3 Å². The van der Waals surface area contributed by atoms with Crippen molar-refractivity contribution < 1.29 is 18.3 Å². The Hall–Kier alpha value is -2.56. The first-order valence-corrected chi connectivity index (χ1v) is 10.6. The van der Waals surface area contributed by atoms with Crippen molar-refractivity contribution in [2.75, 3.05) is 25.5 Å². The number of thiazole rings is 1. The summed E-state index contributed by atoms with van der Waals surface area (Å²) < 4.78 is 38.8. The van der Waals surface area contributed by atoms with Crippen molar-refractivity contribution in [3.05, 3.63) is 52.9 Å². The molecule has 31 heavy (non-hydrogen) atoms. The molecule has 3 aromatic rings. The van der Waals surface area contributed by atoms with Gasteiger partial charge in [0.15, 0.2) is 0 Å². The first-order valence-electron chi connectivity index (χ1n) is 9.79. The highest BCUT2D eigenvalue weighted by molar-refractivity contribution is 7.15. The predicted molar refractivity (Wildman–Crippen MR) is 113 cm³/mol. The van der Waals surface area contributed by atoms with Gasteiger partial charge < -0.3 is 15.3 Å². The van der Waals surface area contributed by atoms with Gasteiger partial charge in [0.05, 0.1) is 4.88 Å². The van der Waals surface area contributed by atoms with Crippen molar-refractivity contribution in [2.24, 2.45) is 0 Å². The summed E-state index contributed by atoms with van der Waals surface area (Å²) in [7, 11) is 2.03. The number of benzene rings is 1. The van der Waals surface area contributed by atoms with Gasteiger partial charge in [-0.25, -0.2) is 15.0 Å². The SMILES string of the molecule is Cc1cc(Nc2nccc(C(F)(F)F)n2)cc(-c2cnc(C3(O)CCN(C)CC3)s2)c1. The molecule has 164 valence electrons. The Kier molecular flexibility index (Phi) is 5.71. The molecular weight excluding hydrogens is 427 g/mol. The van der Waals surface area contributed by atoms with Crippen molar-refractivity contribution in [1.29, 1.82) is 0 Å². The van der Waals surface area contributed by atoms with Gasteiger partial charge in [0.1, 0.15) is 16.3 Å². The van der Waals surface area contributed by atoms with E-state index in [1.165, 1.54) is 11.3 Å². The molecule has 4 rings (SSSR count). The van der Waals surface area contributed by atoms with E-state index in [0.717, 1.165) is 41.4 Å². The largest absolute Gasteiger partial charge is 0.433 e. The minimum atomic E-state index is -4.54. The second-order valence-corrected chi connectivity index (χ2v) is 8.87. The standard InChI is InChI=1S/C21H22F3N5OS/c1-13-9-14(16-12-26-18(31-16)20(30)4-7-29(2)8-5-20)11-15(10-13)27-19-25-6-3-17(28-19)21(22,23)24/h3,6,9-12,30H,4-5,7-8H2,1-2H3,(H,25,27,28). The number of anilines is 2. The predicted octanol–water partition coefficient (Wildman–Crippen LogP) is 4.58. The molecule has 0 spiro atoms. The number of aliphatic hydroxyl groups is 1. The molecule has 1 aliphatic rings. The van der Waals surface area contributed by atoms with Gasteiger partial charge in [0, 0.05) is 31.2 Å². The van der Waals surface area contributed by atoms with E-state index in [-0.39, 0.29) is 5.95 Å².